The first kappa shape index (κ1) is 9.30. The number of carbonyl (C=O) groups is 1. The van der Waals surface area contributed by atoms with E-state index in [0.717, 1.165) is 19.3 Å². The van der Waals surface area contributed by atoms with E-state index in [4.69, 9.17) is 5.11 Å². The SMILES string of the molecule is CC/C=C(/C(=O)O)C1CCCC1. The molecule has 1 aliphatic rings. The molecule has 1 N–H and O–H groups in total. The van der Waals surface area contributed by atoms with Gasteiger partial charge in [0.2, 0.25) is 0 Å². The zero-order valence-electron chi connectivity index (χ0n) is 7.55. The van der Waals surface area contributed by atoms with Crippen molar-refractivity contribution < 1.29 is 9.90 Å². The highest BCUT2D eigenvalue weighted by Crippen LogP contribution is 2.31. The van der Waals surface area contributed by atoms with Gasteiger partial charge in [-0.25, -0.2) is 4.79 Å². The van der Waals surface area contributed by atoms with E-state index in [1.54, 1.807) is 0 Å². The fourth-order valence-corrected chi connectivity index (χ4v) is 1.89. The minimum absolute atomic E-state index is 0.336. The topological polar surface area (TPSA) is 37.3 Å². The van der Waals surface area contributed by atoms with E-state index in [1.165, 1.54) is 12.8 Å². The predicted molar refractivity (Wildman–Crippen MR) is 48.0 cm³/mol. The van der Waals surface area contributed by atoms with Crippen LogP contribution >= 0.6 is 0 Å². The molecule has 2 heteroatoms. The minimum Gasteiger partial charge on any atom is -0.478 e. The van der Waals surface area contributed by atoms with E-state index in [9.17, 15) is 4.79 Å². The summed E-state index contributed by atoms with van der Waals surface area (Å²) in [7, 11) is 0. The molecule has 0 unspecified atom stereocenters. The van der Waals surface area contributed by atoms with Gasteiger partial charge in [-0.15, -0.1) is 0 Å². The predicted octanol–water partition coefficient (Wildman–Crippen LogP) is 2.60. The molecule has 0 bridgehead atoms. The molecule has 1 aliphatic carbocycles. The molecule has 1 fully saturated rings. The zero-order valence-corrected chi connectivity index (χ0v) is 7.55. The highest BCUT2D eigenvalue weighted by Gasteiger charge is 2.23. The van der Waals surface area contributed by atoms with Crippen LogP contribution in [0.1, 0.15) is 39.0 Å². The summed E-state index contributed by atoms with van der Waals surface area (Å²) in [5.74, 6) is -0.383. The van der Waals surface area contributed by atoms with Crippen LogP contribution in [0.5, 0.6) is 0 Å². The van der Waals surface area contributed by atoms with Gasteiger partial charge < -0.3 is 5.11 Å². The van der Waals surface area contributed by atoms with Crippen LogP contribution in [-0.4, -0.2) is 11.1 Å². The molecule has 1 rings (SSSR count). The van der Waals surface area contributed by atoms with Crippen LogP contribution in [0.4, 0.5) is 0 Å². The van der Waals surface area contributed by atoms with Crippen molar-refractivity contribution >= 4 is 5.97 Å². The second-order valence-electron chi connectivity index (χ2n) is 3.35. The molecule has 12 heavy (non-hydrogen) atoms. The fraction of sp³-hybridized carbons (Fsp3) is 0.700. The van der Waals surface area contributed by atoms with E-state index in [2.05, 4.69) is 0 Å². The van der Waals surface area contributed by atoms with Gasteiger partial charge in [0.25, 0.3) is 0 Å². The first-order chi connectivity index (χ1) is 5.75. The van der Waals surface area contributed by atoms with Crippen molar-refractivity contribution in [2.45, 2.75) is 39.0 Å². The first-order valence-electron chi connectivity index (χ1n) is 4.69. The van der Waals surface area contributed by atoms with Crippen molar-refractivity contribution in [2.24, 2.45) is 5.92 Å². The molecular weight excluding hydrogens is 152 g/mol. The number of hydrogen-bond donors (Lipinski definition) is 1. The average molecular weight is 168 g/mol. The van der Waals surface area contributed by atoms with Crippen LogP contribution in [-0.2, 0) is 4.79 Å². The minimum atomic E-state index is -0.719. The summed E-state index contributed by atoms with van der Waals surface area (Å²) in [5, 5.41) is 8.90. The van der Waals surface area contributed by atoms with Gasteiger partial charge in [0.05, 0.1) is 0 Å². The lowest BCUT2D eigenvalue weighted by Gasteiger charge is -2.09. The number of carboxylic acids is 1. The second kappa shape index (κ2) is 4.29. The third-order valence-corrected chi connectivity index (χ3v) is 2.47. The maximum atomic E-state index is 10.8. The van der Waals surface area contributed by atoms with Crippen LogP contribution in [0.15, 0.2) is 11.6 Å². The Morgan fingerprint density at radius 3 is 2.50 bits per heavy atom. The van der Waals surface area contributed by atoms with Gasteiger partial charge >= 0.3 is 5.97 Å². The van der Waals surface area contributed by atoms with E-state index in [-0.39, 0.29) is 0 Å². The smallest absolute Gasteiger partial charge is 0.331 e. The van der Waals surface area contributed by atoms with Crippen LogP contribution < -0.4 is 0 Å². The van der Waals surface area contributed by atoms with Crippen LogP contribution in [0.2, 0.25) is 0 Å². The number of rotatable bonds is 3. The van der Waals surface area contributed by atoms with Crippen LogP contribution in [0.3, 0.4) is 0 Å². The average Bonchev–Trinajstić information content (AvgIpc) is 2.51. The molecular formula is C10H16O2. The Balaban J connectivity index is 2.64. The lowest BCUT2D eigenvalue weighted by Crippen LogP contribution is -2.09. The van der Waals surface area contributed by atoms with Gasteiger partial charge in [-0.2, -0.15) is 0 Å². The quantitative estimate of drug-likeness (QED) is 0.658. The van der Waals surface area contributed by atoms with Gasteiger partial charge in [-0.3, -0.25) is 0 Å². The van der Waals surface area contributed by atoms with E-state index in [1.807, 2.05) is 13.0 Å². The van der Waals surface area contributed by atoms with E-state index < -0.39 is 5.97 Å². The lowest BCUT2D eigenvalue weighted by atomic mass is 9.97. The third kappa shape index (κ3) is 2.10. The highest BCUT2D eigenvalue weighted by atomic mass is 16.4. The summed E-state index contributed by atoms with van der Waals surface area (Å²) in [4.78, 5) is 10.8. The Hall–Kier alpha value is -0.790. The Morgan fingerprint density at radius 2 is 2.08 bits per heavy atom. The van der Waals surface area contributed by atoms with Gasteiger partial charge in [0.1, 0.15) is 0 Å². The van der Waals surface area contributed by atoms with E-state index in [0.29, 0.717) is 11.5 Å². The lowest BCUT2D eigenvalue weighted by molar-refractivity contribution is -0.133. The normalized spacial score (nSPS) is 19.9. The fourth-order valence-electron chi connectivity index (χ4n) is 1.89. The molecule has 0 saturated heterocycles. The number of aliphatic carboxylic acids is 1. The summed E-state index contributed by atoms with van der Waals surface area (Å²) in [5.41, 5.74) is 0.648. The molecule has 0 atom stereocenters. The summed E-state index contributed by atoms with van der Waals surface area (Å²) in [6.07, 6.45) is 7.21. The molecule has 0 aromatic rings. The van der Waals surface area contributed by atoms with E-state index >= 15 is 0 Å². The molecule has 0 aromatic carbocycles. The molecule has 1 saturated carbocycles. The molecule has 68 valence electrons. The van der Waals surface area contributed by atoms with Crippen molar-refractivity contribution in [2.75, 3.05) is 0 Å². The van der Waals surface area contributed by atoms with Gasteiger partial charge in [0, 0.05) is 5.57 Å². The largest absolute Gasteiger partial charge is 0.478 e. The summed E-state index contributed by atoms with van der Waals surface area (Å²) in [6.45, 7) is 1.98. The molecule has 2 nitrogen and oxygen atoms in total. The van der Waals surface area contributed by atoms with Crippen molar-refractivity contribution in [3.63, 3.8) is 0 Å². The first-order valence-corrected chi connectivity index (χ1v) is 4.69. The number of allylic oxidation sites excluding steroid dienone is 1. The zero-order chi connectivity index (χ0) is 8.97. The Bertz CT molecular complexity index is 188. The molecule has 0 amide bonds. The monoisotopic (exact) mass is 168 g/mol. The maximum absolute atomic E-state index is 10.8. The Kier molecular flexibility index (Phi) is 3.32. The van der Waals surface area contributed by atoms with Crippen molar-refractivity contribution in [1.29, 1.82) is 0 Å². The van der Waals surface area contributed by atoms with Crippen LogP contribution in [0.25, 0.3) is 0 Å². The van der Waals surface area contributed by atoms with Crippen LogP contribution in [0, 0.1) is 5.92 Å². The van der Waals surface area contributed by atoms with Crippen molar-refractivity contribution in [3.05, 3.63) is 11.6 Å². The number of carboxylic acid groups (broad SMARTS) is 1. The molecule has 0 spiro atoms. The molecule has 0 radical (unpaired) electrons. The summed E-state index contributed by atoms with van der Waals surface area (Å²) >= 11 is 0. The Morgan fingerprint density at radius 1 is 1.50 bits per heavy atom. The second-order valence-corrected chi connectivity index (χ2v) is 3.35. The third-order valence-electron chi connectivity index (χ3n) is 2.47. The van der Waals surface area contributed by atoms with Crippen molar-refractivity contribution in [1.82, 2.24) is 0 Å². The highest BCUT2D eigenvalue weighted by molar-refractivity contribution is 5.87. The van der Waals surface area contributed by atoms with Gasteiger partial charge in [-0.1, -0.05) is 25.8 Å². The summed E-state index contributed by atoms with van der Waals surface area (Å²) < 4.78 is 0. The van der Waals surface area contributed by atoms with Gasteiger partial charge in [0.15, 0.2) is 0 Å². The Labute approximate surface area is 73.3 Å². The standard InChI is InChI=1S/C10H16O2/c1-2-5-9(10(11)12)8-6-3-4-7-8/h5,8H,2-4,6-7H2,1H3,(H,11,12)/b9-5+. The van der Waals surface area contributed by atoms with Crippen molar-refractivity contribution in [3.8, 4) is 0 Å². The molecule has 0 heterocycles. The van der Waals surface area contributed by atoms with Gasteiger partial charge in [-0.05, 0) is 25.2 Å². The summed E-state index contributed by atoms with van der Waals surface area (Å²) in [6, 6.07) is 0. The maximum Gasteiger partial charge on any atom is 0.331 e. The molecule has 0 aromatic heterocycles. The molecule has 0 aliphatic heterocycles. The number of hydrogen-bond acceptors (Lipinski definition) is 1.